The van der Waals surface area contributed by atoms with E-state index in [4.69, 9.17) is 4.74 Å². The van der Waals surface area contributed by atoms with Gasteiger partial charge in [0.1, 0.15) is 5.75 Å². The lowest BCUT2D eigenvalue weighted by molar-refractivity contribution is -0.139. The van der Waals surface area contributed by atoms with Crippen molar-refractivity contribution in [1.29, 1.82) is 0 Å². The normalized spacial score (nSPS) is 19.2. The van der Waals surface area contributed by atoms with Crippen LogP contribution >= 0.6 is 15.9 Å². The topological polar surface area (TPSA) is 58.6 Å². The molecule has 5 nitrogen and oxygen atoms in total. The molecular formula is C22H25BrN2O3. The van der Waals surface area contributed by atoms with Crippen molar-refractivity contribution >= 4 is 33.4 Å². The Morgan fingerprint density at radius 2 is 1.71 bits per heavy atom. The van der Waals surface area contributed by atoms with Crippen LogP contribution in [0.15, 0.2) is 53.0 Å². The number of rotatable bonds is 5. The van der Waals surface area contributed by atoms with Gasteiger partial charge < -0.3 is 15.0 Å². The lowest BCUT2D eigenvalue weighted by Gasteiger charge is -2.38. The number of piperidine rings is 1. The molecule has 148 valence electrons. The molecule has 2 aromatic rings. The van der Waals surface area contributed by atoms with E-state index in [0.29, 0.717) is 17.0 Å². The second kappa shape index (κ2) is 9.24. The molecule has 1 saturated heterocycles. The summed E-state index contributed by atoms with van der Waals surface area (Å²) in [4.78, 5) is 26.9. The van der Waals surface area contributed by atoms with Crippen LogP contribution in [0.5, 0.6) is 5.75 Å². The molecule has 2 unspecified atom stereocenters. The average Bonchev–Trinajstić information content (AvgIpc) is 2.68. The fourth-order valence-corrected chi connectivity index (χ4v) is 3.98. The van der Waals surface area contributed by atoms with Gasteiger partial charge in [-0.1, -0.05) is 12.1 Å². The number of halogens is 1. The maximum Gasteiger partial charge on any atom is 0.260 e. The number of likely N-dealkylation sites (tertiary alicyclic amines) is 1. The van der Waals surface area contributed by atoms with Gasteiger partial charge in [-0.25, -0.2) is 0 Å². The maximum atomic E-state index is 12.5. The fraction of sp³-hybridized carbons (Fsp3) is 0.364. The Morgan fingerprint density at radius 3 is 2.36 bits per heavy atom. The van der Waals surface area contributed by atoms with Crippen molar-refractivity contribution in [2.24, 2.45) is 0 Å². The molecule has 0 aromatic heterocycles. The predicted molar refractivity (Wildman–Crippen MR) is 114 cm³/mol. The molecule has 2 atom stereocenters. The van der Waals surface area contributed by atoms with E-state index in [1.807, 2.05) is 29.2 Å². The van der Waals surface area contributed by atoms with Crippen LogP contribution < -0.4 is 10.1 Å². The zero-order chi connectivity index (χ0) is 20.1. The summed E-state index contributed by atoms with van der Waals surface area (Å²) in [6.45, 7) is 4.19. The number of carbonyl (C=O) groups is 2. The van der Waals surface area contributed by atoms with Crippen LogP contribution in [0.1, 0.15) is 43.5 Å². The Morgan fingerprint density at radius 1 is 1.07 bits per heavy atom. The highest BCUT2D eigenvalue weighted by Crippen LogP contribution is 2.24. The average molecular weight is 445 g/mol. The number of nitrogens with one attached hydrogen (secondary N) is 1. The van der Waals surface area contributed by atoms with Crippen molar-refractivity contribution < 1.29 is 14.3 Å². The number of ether oxygens (including phenoxy) is 1. The molecule has 1 aliphatic rings. The highest BCUT2D eigenvalue weighted by Gasteiger charge is 2.28. The largest absolute Gasteiger partial charge is 0.484 e. The van der Waals surface area contributed by atoms with Gasteiger partial charge in [-0.05, 0) is 85.4 Å². The van der Waals surface area contributed by atoms with E-state index < -0.39 is 0 Å². The third-order valence-electron chi connectivity index (χ3n) is 5.08. The molecule has 1 N–H and O–H groups in total. The Labute approximate surface area is 174 Å². The smallest absolute Gasteiger partial charge is 0.260 e. The Kier molecular flexibility index (Phi) is 6.73. The number of hydrogen-bond donors (Lipinski definition) is 1. The van der Waals surface area contributed by atoms with Crippen molar-refractivity contribution in [2.75, 3.05) is 11.9 Å². The van der Waals surface area contributed by atoms with Crippen LogP contribution in [0.25, 0.3) is 0 Å². The summed E-state index contributed by atoms with van der Waals surface area (Å²) in [7, 11) is 0. The molecule has 0 aliphatic carbocycles. The van der Waals surface area contributed by atoms with E-state index in [2.05, 4.69) is 35.1 Å². The third-order valence-corrected chi connectivity index (χ3v) is 5.77. The number of hydrogen-bond acceptors (Lipinski definition) is 3. The van der Waals surface area contributed by atoms with E-state index in [-0.39, 0.29) is 30.5 Å². The van der Waals surface area contributed by atoms with Crippen molar-refractivity contribution in [3.63, 3.8) is 0 Å². The zero-order valence-corrected chi connectivity index (χ0v) is 17.7. The Balaban J connectivity index is 1.56. The van der Waals surface area contributed by atoms with Crippen LogP contribution in [0.4, 0.5) is 5.69 Å². The molecule has 3 rings (SSSR count). The minimum absolute atomic E-state index is 0.00967. The molecule has 28 heavy (non-hydrogen) atoms. The van der Waals surface area contributed by atoms with Crippen molar-refractivity contribution in [2.45, 2.75) is 45.2 Å². The number of para-hydroxylation sites is 1. The van der Waals surface area contributed by atoms with E-state index >= 15 is 0 Å². The molecule has 0 spiro atoms. The number of benzene rings is 2. The first-order chi connectivity index (χ1) is 13.5. The van der Waals surface area contributed by atoms with Crippen LogP contribution in [-0.4, -0.2) is 35.4 Å². The van der Waals surface area contributed by atoms with E-state index in [0.717, 1.165) is 23.7 Å². The second-order valence-corrected chi connectivity index (χ2v) is 8.03. The summed E-state index contributed by atoms with van der Waals surface area (Å²) in [6.07, 6.45) is 3.24. The van der Waals surface area contributed by atoms with Crippen LogP contribution in [0.3, 0.4) is 0 Å². The number of nitrogens with zero attached hydrogens (tertiary/aromatic N) is 1. The van der Waals surface area contributed by atoms with Crippen LogP contribution in [-0.2, 0) is 4.79 Å². The molecule has 6 heteroatoms. The molecule has 1 heterocycles. The summed E-state index contributed by atoms with van der Waals surface area (Å²) in [5, 5.41) is 2.86. The predicted octanol–water partition coefficient (Wildman–Crippen LogP) is 4.87. The van der Waals surface area contributed by atoms with Crippen molar-refractivity contribution in [3.8, 4) is 5.75 Å². The van der Waals surface area contributed by atoms with Gasteiger partial charge in [0.2, 0.25) is 0 Å². The lowest BCUT2D eigenvalue weighted by atomic mass is 9.97. The third kappa shape index (κ3) is 4.93. The van der Waals surface area contributed by atoms with Crippen LogP contribution in [0, 0.1) is 0 Å². The highest BCUT2D eigenvalue weighted by atomic mass is 79.9. The number of anilines is 1. The number of carbonyl (C=O) groups excluding carboxylic acids is 2. The van der Waals surface area contributed by atoms with Crippen molar-refractivity contribution in [3.05, 3.63) is 58.6 Å². The molecule has 0 saturated carbocycles. The van der Waals surface area contributed by atoms with E-state index in [9.17, 15) is 9.59 Å². The fourth-order valence-electron chi connectivity index (χ4n) is 3.59. The second-order valence-electron chi connectivity index (χ2n) is 7.18. The summed E-state index contributed by atoms with van der Waals surface area (Å²) in [5.74, 6) is 0.379. The van der Waals surface area contributed by atoms with Gasteiger partial charge in [0, 0.05) is 22.1 Å². The summed E-state index contributed by atoms with van der Waals surface area (Å²) < 4.78 is 6.48. The summed E-state index contributed by atoms with van der Waals surface area (Å²) in [6, 6.07) is 14.8. The van der Waals surface area contributed by atoms with Crippen molar-refractivity contribution in [1.82, 2.24) is 4.90 Å². The molecular weight excluding hydrogens is 420 g/mol. The zero-order valence-electron chi connectivity index (χ0n) is 16.2. The summed E-state index contributed by atoms with van der Waals surface area (Å²) >= 11 is 3.41. The number of amides is 2. The van der Waals surface area contributed by atoms with Gasteiger partial charge in [0.25, 0.3) is 11.8 Å². The lowest BCUT2D eigenvalue weighted by Crippen LogP contribution is -2.49. The summed E-state index contributed by atoms with van der Waals surface area (Å²) in [5.41, 5.74) is 1.23. The monoisotopic (exact) mass is 444 g/mol. The van der Waals surface area contributed by atoms with E-state index in [1.54, 1.807) is 24.3 Å². The molecule has 2 aromatic carbocycles. The van der Waals surface area contributed by atoms with Gasteiger partial charge in [0.15, 0.2) is 6.61 Å². The quantitative estimate of drug-likeness (QED) is 0.715. The SMILES string of the molecule is CC1CCCC(C)N1C(=O)COc1ccc(C(=O)Nc2ccccc2Br)cc1. The Hall–Kier alpha value is -2.34. The molecule has 0 radical (unpaired) electrons. The van der Waals surface area contributed by atoms with Gasteiger partial charge >= 0.3 is 0 Å². The minimum Gasteiger partial charge on any atom is -0.484 e. The first-order valence-electron chi connectivity index (χ1n) is 9.55. The maximum absolute atomic E-state index is 12.5. The van der Waals surface area contributed by atoms with Gasteiger partial charge in [-0.3, -0.25) is 9.59 Å². The van der Waals surface area contributed by atoms with Crippen LogP contribution in [0.2, 0.25) is 0 Å². The van der Waals surface area contributed by atoms with E-state index in [1.165, 1.54) is 0 Å². The van der Waals surface area contributed by atoms with Gasteiger partial charge in [-0.15, -0.1) is 0 Å². The molecule has 1 aliphatic heterocycles. The highest BCUT2D eigenvalue weighted by molar-refractivity contribution is 9.10. The Bertz CT molecular complexity index is 828. The molecule has 1 fully saturated rings. The minimum atomic E-state index is -0.203. The van der Waals surface area contributed by atoms with Gasteiger partial charge in [-0.2, -0.15) is 0 Å². The molecule has 2 amide bonds. The van der Waals surface area contributed by atoms with Gasteiger partial charge in [0.05, 0.1) is 5.69 Å². The molecule has 0 bridgehead atoms. The first-order valence-corrected chi connectivity index (χ1v) is 10.3. The first kappa shape index (κ1) is 20.4. The standard InChI is InChI=1S/C22H25BrN2O3/c1-15-6-5-7-16(2)25(15)21(26)14-28-18-12-10-17(11-13-18)22(27)24-20-9-4-3-8-19(20)23/h3-4,8-13,15-16H,5-7,14H2,1-2H3,(H,24,27).